The Morgan fingerprint density at radius 3 is 2.76 bits per heavy atom. The first-order valence-corrected chi connectivity index (χ1v) is 7.40. The molecule has 4 rings (SSSR count). The van der Waals surface area contributed by atoms with E-state index in [0.717, 1.165) is 4.52 Å². The van der Waals surface area contributed by atoms with Crippen LogP contribution in [-0.2, 0) is 6.18 Å². The van der Waals surface area contributed by atoms with Crippen molar-refractivity contribution in [2.75, 3.05) is 7.11 Å². The number of halogens is 4. The second-order valence-electron chi connectivity index (χ2n) is 5.25. The van der Waals surface area contributed by atoms with E-state index in [4.69, 9.17) is 16.3 Å². The molecule has 0 radical (unpaired) electrons. The molecule has 0 saturated heterocycles. The molecule has 1 N–H and O–H groups in total. The third-order valence-corrected chi connectivity index (χ3v) is 4.01. The van der Waals surface area contributed by atoms with Crippen LogP contribution in [0, 0.1) is 0 Å². The minimum Gasteiger partial charge on any atom is -0.494 e. The van der Waals surface area contributed by atoms with E-state index in [-0.39, 0.29) is 5.65 Å². The maximum atomic E-state index is 13.0. The molecule has 10 heteroatoms. The molecule has 3 heterocycles. The van der Waals surface area contributed by atoms with E-state index in [1.54, 1.807) is 18.3 Å². The number of nitrogens with zero attached hydrogens (tertiary/aromatic N) is 4. The van der Waals surface area contributed by atoms with Crippen LogP contribution in [0.3, 0.4) is 0 Å². The lowest BCUT2D eigenvalue weighted by Crippen LogP contribution is -2.08. The van der Waals surface area contributed by atoms with Gasteiger partial charge in [0.15, 0.2) is 5.65 Å². The highest BCUT2D eigenvalue weighted by atomic mass is 35.5. The molecule has 4 aromatic rings. The third kappa shape index (κ3) is 2.47. The number of aromatic amines is 1. The number of nitrogens with one attached hydrogen (secondary N) is 1. The van der Waals surface area contributed by atoms with Crippen molar-refractivity contribution in [1.82, 2.24) is 24.8 Å². The Kier molecular flexibility index (Phi) is 3.36. The van der Waals surface area contributed by atoms with Crippen LogP contribution in [0.15, 0.2) is 30.5 Å². The summed E-state index contributed by atoms with van der Waals surface area (Å²) < 4.78 is 45.3. The van der Waals surface area contributed by atoms with Crippen LogP contribution in [0.4, 0.5) is 13.2 Å². The van der Waals surface area contributed by atoms with Crippen LogP contribution >= 0.6 is 11.6 Å². The Bertz CT molecular complexity index is 1100. The van der Waals surface area contributed by atoms with Gasteiger partial charge in [-0.1, -0.05) is 11.6 Å². The quantitative estimate of drug-likeness (QED) is 0.582. The van der Waals surface area contributed by atoms with E-state index in [2.05, 4.69) is 20.3 Å². The fourth-order valence-corrected chi connectivity index (χ4v) is 2.90. The summed E-state index contributed by atoms with van der Waals surface area (Å²) in [5.41, 5.74) is 1.52. The van der Waals surface area contributed by atoms with E-state index in [9.17, 15) is 13.2 Å². The molecular formula is C15H9ClF3N5O. The zero-order chi connectivity index (χ0) is 17.8. The van der Waals surface area contributed by atoms with Crippen molar-refractivity contribution >= 4 is 28.2 Å². The summed E-state index contributed by atoms with van der Waals surface area (Å²) in [6.45, 7) is 0. The van der Waals surface area contributed by atoms with Crippen LogP contribution in [0.25, 0.3) is 27.8 Å². The molecule has 0 atom stereocenters. The number of hydrogen-bond acceptors (Lipinski definition) is 4. The fraction of sp³-hybridized carbons (Fsp3) is 0.133. The third-order valence-electron chi connectivity index (χ3n) is 3.71. The average molecular weight is 368 g/mol. The van der Waals surface area contributed by atoms with Gasteiger partial charge in [-0.25, -0.2) is 9.50 Å². The lowest BCUT2D eigenvalue weighted by molar-refractivity contribution is -0.144. The molecule has 3 aromatic heterocycles. The highest BCUT2D eigenvalue weighted by Gasteiger charge is 2.36. The van der Waals surface area contributed by atoms with Gasteiger partial charge in [-0.05, 0) is 24.3 Å². The topological polar surface area (TPSA) is 68.1 Å². The summed E-state index contributed by atoms with van der Waals surface area (Å²) in [4.78, 5) is 3.54. The Balaban J connectivity index is 2.05. The summed E-state index contributed by atoms with van der Waals surface area (Å²) in [6, 6.07) is 6.28. The van der Waals surface area contributed by atoms with Crippen LogP contribution in [0.5, 0.6) is 5.75 Å². The van der Waals surface area contributed by atoms with Gasteiger partial charge in [0.2, 0.25) is 0 Å². The summed E-state index contributed by atoms with van der Waals surface area (Å²) in [5, 5.41) is 11.4. The number of methoxy groups -OCH3 is 1. The minimum absolute atomic E-state index is 0.0477. The fourth-order valence-electron chi connectivity index (χ4n) is 2.63. The largest absolute Gasteiger partial charge is 0.494 e. The van der Waals surface area contributed by atoms with E-state index < -0.39 is 12.0 Å². The van der Waals surface area contributed by atoms with Crippen LogP contribution in [0.2, 0.25) is 5.02 Å². The number of rotatable bonds is 2. The molecule has 0 aliphatic carbocycles. The molecule has 128 valence electrons. The van der Waals surface area contributed by atoms with Crippen LogP contribution in [-0.4, -0.2) is 31.9 Å². The number of H-pyrrole nitrogens is 1. The summed E-state index contributed by atoms with van der Waals surface area (Å²) in [6.07, 6.45) is -3.08. The Morgan fingerprint density at radius 2 is 2.04 bits per heavy atom. The Morgan fingerprint density at radius 1 is 1.24 bits per heavy atom. The number of pyridine rings is 1. The molecule has 6 nitrogen and oxygen atoms in total. The van der Waals surface area contributed by atoms with E-state index in [0.29, 0.717) is 32.9 Å². The smallest absolute Gasteiger partial charge is 0.453 e. The molecule has 0 saturated carbocycles. The van der Waals surface area contributed by atoms with Crippen molar-refractivity contribution in [2.45, 2.75) is 6.18 Å². The van der Waals surface area contributed by atoms with Crippen molar-refractivity contribution < 1.29 is 17.9 Å². The molecule has 0 fully saturated rings. The van der Waals surface area contributed by atoms with Gasteiger partial charge in [-0.3, -0.25) is 5.10 Å². The molecule has 0 bridgehead atoms. The van der Waals surface area contributed by atoms with Crippen LogP contribution in [0.1, 0.15) is 5.82 Å². The highest BCUT2D eigenvalue weighted by Crippen LogP contribution is 2.36. The van der Waals surface area contributed by atoms with Crippen molar-refractivity contribution in [3.8, 4) is 17.0 Å². The first kappa shape index (κ1) is 15.7. The van der Waals surface area contributed by atoms with E-state index in [1.807, 2.05) is 0 Å². The van der Waals surface area contributed by atoms with E-state index >= 15 is 0 Å². The molecule has 0 spiro atoms. The van der Waals surface area contributed by atoms with Gasteiger partial charge in [0, 0.05) is 10.9 Å². The number of aromatic nitrogens is 5. The predicted octanol–water partition coefficient (Wildman–Crippen LogP) is 3.95. The minimum atomic E-state index is -4.65. The Hall–Kier alpha value is -2.81. The second-order valence-corrected chi connectivity index (χ2v) is 5.65. The first-order chi connectivity index (χ1) is 11.9. The summed E-state index contributed by atoms with van der Waals surface area (Å²) in [5.74, 6) is -0.887. The molecule has 1 aromatic carbocycles. The monoisotopic (exact) mass is 367 g/mol. The molecule has 25 heavy (non-hydrogen) atoms. The van der Waals surface area contributed by atoms with Gasteiger partial charge in [-0.2, -0.15) is 18.3 Å². The zero-order valence-corrected chi connectivity index (χ0v) is 13.4. The molecule has 0 aliphatic heterocycles. The molecule has 0 unspecified atom stereocenters. The first-order valence-electron chi connectivity index (χ1n) is 7.02. The van der Waals surface area contributed by atoms with Crippen molar-refractivity contribution in [1.29, 1.82) is 0 Å². The lowest BCUT2D eigenvalue weighted by atomic mass is 10.1. The van der Waals surface area contributed by atoms with Crippen LogP contribution < -0.4 is 4.74 Å². The van der Waals surface area contributed by atoms with Gasteiger partial charge < -0.3 is 4.74 Å². The average Bonchev–Trinajstić information content (AvgIpc) is 3.19. The number of fused-ring (bicyclic) bond motifs is 2. The van der Waals surface area contributed by atoms with E-state index in [1.165, 1.54) is 19.2 Å². The number of benzene rings is 1. The number of alkyl halides is 3. The molecule has 0 amide bonds. The highest BCUT2D eigenvalue weighted by molar-refractivity contribution is 6.35. The second kappa shape index (κ2) is 5.35. The van der Waals surface area contributed by atoms with Gasteiger partial charge in [0.1, 0.15) is 11.4 Å². The van der Waals surface area contributed by atoms with Gasteiger partial charge >= 0.3 is 6.18 Å². The van der Waals surface area contributed by atoms with Gasteiger partial charge in [-0.15, -0.1) is 5.10 Å². The summed E-state index contributed by atoms with van der Waals surface area (Å²) in [7, 11) is 1.42. The summed E-state index contributed by atoms with van der Waals surface area (Å²) >= 11 is 6.24. The SMILES string of the molecule is COc1ccc2nc(C(F)(F)F)nn2c1-c1cc(Cl)c2[nH]ncc2c1. The van der Waals surface area contributed by atoms with Gasteiger partial charge in [0.05, 0.1) is 23.8 Å². The Labute approximate surface area is 143 Å². The number of hydrogen-bond donors (Lipinski definition) is 1. The van der Waals surface area contributed by atoms with Crippen molar-refractivity contribution in [3.63, 3.8) is 0 Å². The predicted molar refractivity (Wildman–Crippen MR) is 84.6 cm³/mol. The normalized spacial score (nSPS) is 12.2. The zero-order valence-electron chi connectivity index (χ0n) is 12.6. The van der Waals surface area contributed by atoms with Gasteiger partial charge in [0.25, 0.3) is 5.82 Å². The maximum absolute atomic E-state index is 13.0. The number of ether oxygens (including phenoxy) is 1. The van der Waals surface area contributed by atoms with Crippen molar-refractivity contribution in [2.24, 2.45) is 0 Å². The molecular weight excluding hydrogens is 359 g/mol. The lowest BCUT2D eigenvalue weighted by Gasteiger charge is -2.11. The standard InChI is InChI=1S/C15H9ClF3N5O/c1-25-10-2-3-11-21-14(15(17,18)19)23-24(11)13(10)7-4-8-6-20-22-12(8)9(16)5-7/h2-6H,1H3,(H,20,22). The maximum Gasteiger partial charge on any atom is 0.453 e. The van der Waals surface area contributed by atoms with Crippen molar-refractivity contribution in [3.05, 3.63) is 41.3 Å². The molecule has 0 aliphatic rings.